The van der Waals surface area contributed by atoms with Crippen molar-refractivity contribution in [2.45, 2.75) is 25.7 Å². The number of benzene rings is 1. The molecule has 2 aromatic rings. The van der Waals surface area contributed by atoms with Gasteiger partial charge in [0.15, 0.2) is 0 Å². The Morgan fingerprint density at radius 3 is 2.68 bits per heavy atom. The quantitative estimate of drug-likeness (QED) is 0.797. The first kappa shape index (κ1) is 12.0. The number of pyridine rings is 1. The largest absolute Gasteiger partial charge is 0.465 e. The molecule has 0 fully saturated rings. The van der Waals surface area contributed by atoms with Crippen LogP contribution in [0.3, 0.4) is 0 Å². The summed E-state index contributed by atoms with van der Waals surface area (Å²) in [6.45, 7) is 0. The van der Waals surface area contributed by atoms with Gasteiger partial charge in [0.2, 0.25) is 0 Å². The topological polar surface area (TPSA) is 59.2 Å². The lowest BCUT2D eigenvalue weighted by molar-refractivity contribution is 0.0601. The fourth-order valence-corrected chi connectivity index (χ4v) is 2.81. The van der Waals surface area contributed by atoms with E-state index in [1.165, 1.54) is 7.11 Å². The minimum Gasteiger partial charge on any atom is -0.465 e. The number of aromatic nitrogens is 1. The number of aryl methyl sites for hydroxylation is 1. The second kappa shape index (κ2) is 4.53. The number of H-pyrrole nitrogens is 1. The molecule has 0 amide bonds. The molecule has 0 spiro atoms. The maximum absolute atomic E-state index is 12.1. The summed E-state index contributed by atoms with van der Waals surface area (Å²) in [4.78, 5) is 26.4. The van der Waals surface area contributed by atoms with E-state index in [1.54, 1.807) is 12.1 Å². The van der Waals surface area contributed by atoms with Crippen molar-refractivity contribution in [2.75, 3.05) is 7.11 Å². The molecule has 4 nitrogen and oxygen atoms in total. The number of ether oxygens (including phenoxy) is 1. The van der Waals surface area contributed by atoms with Gasteiger partial charge in [-0.3, -0.25) is 4.79 Å². The van der Waals surface area contributed by atoms with Gasteiger partial charge in [0.1, 0.15) is 0 Å². The monoisotopic (exact) mass is 257 g/mol. The molecular weight excluding hydrogens is 242 g/mol. The van der Waals surface area contributed by atoms with Crippen LogP contribution in [0.1, 0.15) is 34.3 Å². The lowest BCUT2D eigenvalue weighted by atomic mass is 9.90. The smallest absolute Gasteiger partial charge is 0.337 e. The number of aromatic amines is 1. The summed E-state index contributed by atoms with van der Waals surface area (Å²) in [5.74, 6) is -0.388. The fourth-order valence-electron chi connectivity index (χ4n) is 2.81. The van der Waals surface area contributed by atoms with Gasteiger partial charge in [-0.15, -0.1) is 0 Å². The van der Waals surface area contributed by atoms with E-state index >= 15 is 0 Å². The molecule has 0 bridgehead atoms. The van der Waals surface area contributed by atoms with Crippen LogP contribution in [-0.2, 0) is 17.6 Å². The molecule has 98 valence electrons. The normalized spacial score (nSPS) is 14.2. The van der Waals surface area contributed by atoms with Gasteiger partial charge in [0.25, 0.3) is 5.56 Å². The van der Waals surface area contributed by atoms with Gasteiger partial charge in [-0.2, -0.15) is 0 Å². The predicted molar refractivity (Wildman–Crippen MR) is 72.6 cm³/mol. The van der Waals surface area contributed by atoms with E-state index in [4.69, 9.17) is 4.74 Å². The lowest BCUT2D eigenvalue weighted by Gasteiger charge is -2.17. The Labute approximate surface area is 110 Å². The molecule has 4 heteroatoms. The van der Waals surface area contributed by atoms with Crippen LogP contribution in [0.5, 0.6) is 0 Å². The Balaban J connectivity index is 2.26. The lowest BCUT2D eigenvalue weighted by Crippen LogP contribution is -2.19. The zero-order valence-electron chi connectivity index (χ0n) is 10.8. The second-order valence-corrected chi connectivity index (χ2v) is 4.87. The first-order valence-electron chi connectivity index (χ1n) is 6.47. The highest BCUT2D eigenvalue weighted by atomic mass is 16.5. The Morgan fingerprint density at radius 2 is 1.95 bits per heavy atom. The summed E-state index contributed by atoms with van der Waals surface area (Å²) in [6, 6.07) is 5.35. The fraction of sp³-hybridized carbons (Fsp3) is 0.333. The maximum atomic E-state index is 12.1. The molecule has 0 saturated carbocycles. The molecule has 0 saturated heterocycles. The van der Waals surface area contributed by atoms with Crippen LogP contribution in [0.15, 0.2) is 23.0 Å². The maximum Gasteiger partial charge on any atom is 0.337 e. The molecule has 0 radical (unpaired) electrons. The zero-order valence-corrected chi connectivity index (χ0v) is 10.8. The van der Waals surface area contributed by atoms with Gasteiger partial charge in [-0.25, -0.2) is 4.79 Å². The van der Waals surface area contributed by atoms with Crippen LogP contribution in [0.2, 0.25) is 0 Å². The summed E-state index contributed by atoms with van der Waals surface area (Å²) in [5, 5.41) is 1.04. The molecule has 19 heavy (non-hydrogen) atoms. The molecule has 1 aliphatic carbocycles. The second-order valence-electron chi connectivity index (χ2n) is 4.87. The molecule has 1 aromatic heterocycles. The summed E-state index contributed by atoms with van der Waals surface area (Å²) < 4.78 is 4.70. The van der Waals surface area contributed by atoms with E-state index in [0.717, 1.165) is 42.2 Å². The third-order valence-corrected chi connectivity index (χ3v) is 3.76. The van der Waals surface area contributed by atoms with Gasteiger partial charge in [0, 0.05) is 16.5 Å². The van der Waals surface area contributed by atoms with E-state index in [0.29, 0.717) is 11.1 Å². The number of fused-ring (bicyclic) bond motifs is 3. The van der Waals surface area contributed by atoms with Gasteiger partial charge in [-0.05, 0) is 43.4 Å². The van der Waals surface area contributed by atoms with E-state index < -0.39 is 0 Å². The molecule has 0 unspecified atom stereocenters. The van der Waals surface area contributed by atoms with Gasteiger partial charge in [0.05, 0.1) is 12.7 Å². The number of carbonyl (C=O) groups excluding carboxylic acids is 1. The van der Waals surface area contributed by atoms with Crippen LogP contribution in [0.4, 0.5) is 0 Å². The molecular formula is C15H15NO3. The molecule has 1 aliphatic rings. The number of nitrogens with one attached hydrogen (secondary N) is 1. The molecule has 0 atom stereocenters. The summed E-state index contributed by atoms with van der Waals surface area (Å²) in [7, 11) is 1.35. The van der Waals surface area contributed by atoms with Crippen molar-refractivity contribution in [3.63, 3.8) is 0 Å². The van der Waals surface area contributed by atoms with Crippen LogP contribution in [0.25, 0.3) is 10.9 Å². The van der Waals surface area contributed by atoms with E-state index in [1.807, 2.05) is 6.07 Å². The molecule has 1 heterocycles. The van der Waals surface area contributed by atoms with Crippen molar-refractivity contribution >= 4 is 16.9 Å². The minimum absolute atomic E-state index is 0.0239. The Hall–Kier alpha value is -2.10. The molecule has 0 aliphatic heterocycles. The number of hydrogen-bond donors (Lipinski definition) is 1. The molecule has 3 rings (SSSR count). The van der Waals surface area contributed by atoms with Gasteiger partial charge < -0.3 is 9.72 Å². The standard InChI is InChI=1S/C15H15NO3/c1-19-15(18)9-6-7-11-10-4-2-3-5-12(10)14(17)16-13(11)8-9/h6-8H,2-5H2,1H3,(H,16,17). The first-order valence-corrected chi connectivity index (χ1v) is 6.47. The summed E-state index contributed by atoms with van der Waals surface area (Å²) in [6.07, 6.45) is 3.97. The van der Waals surface area contributed by atoms with Crippen molar-refractivity contribution in [3.8, 4) is 0 Å². The highest BCUT2D eigenvalue weighted by molar-refractivity contribution is 5.95. The van der Waals surface area contributed by atoms with E-state index in [9.17, 15) is 9.59 Å². The summed E-state index contributed by atoms with van der Waals surface area (Å²) >= 11 is 0. The molecule has 1 N–H and O–H groups in total. The van der Waals surface area contributed by atoms with Crippen molar-refractivity contribution < 1.29 is 9.53 Å². The van der Waals surface area contributed by atoms with Crippen LogP contribution >= 0.6 is 0 Å². The van der Waals surface area contributed by atoms with Crippen molar-refractivity contribution in [1.29, 1.82) is 0 Å². The number of hydrogen-bond acceptors (Lipinski definition) is 3. The molecule has 1 aromatic carbocycles. The van der Waals surface area contributed by atoms with Crippen LogP contribution in [0, 0.1) is 0 Å². The van der Waals surface area contributed by atoms with Crippen molar-refractivity contribution in [3.05, 3.63) is 45.2 Å². The Morgan fingerprint density at radius 1 is 1.21 bits per heavy atom. The third kappa shape index (κ3) is 1.93. The van der Waals surface area contributed by atoms with Gasteiger partial charge >= 0.3 is 5.97 Å². The average Bonchev–Trinajstić information content (AvgIpc) is 2.46. The number of methoxy groups -OCH3 is 1. The Kier molecular flexibility index (Phi) is 2.85. The minimum atomic E-state index is -0.388. The van der Waals surface area contributed by atoms with Gasteiger partial charge in [-0.1, -0.05) is 6.07 Å². The van der Waals surface area contributed by atoms with Crippen molar-refractivity contribution in [2.24, 2.45) is 0 Å². The number of rotatable bonds is 1. The first-order chi connectivity index (χ1) is 9.20. The zero-order chi connectivity index (χ0) is 13.4. The highest BCUT2D eigenvalue weighted by Crippen LogP contribution is 2.26. The highest BCUT2D eigenvalue weighted by Gasteiger charge is 2.17. The number of carbonyl (C=O) groups is 1. The number of esters is 1. The SMILES string of the molecule is COC(=O)c1ccc2c3c(c(=O)[nH]c2c1)CCCC3. The summed E-state index contributed by atoms with van der Waals surface area (Å²) in [5.41, 5.74) is 3.20. The average molecular weight is 257 g/mol. The van der Waals surface area contributed by atoms with Crippen molar-refractivity contribution in [1.82, 2.24) is 4.98 Å². The van der Waals surface area contributed by atoms with E-state index in [2.05, 4.69) is 4.98 Å². The van der Waals surface area contributed by atoms with Crippen LogP contribution in [-0.4, -0.2) is 18.1 Å². The Bertz CT molecular complexity index is 715. The van der Waals surface area contributed by atoms with E-state index in [-0.39, 0.29) is 11.5 Å². The predicted octanol–water partition coefficient (Wildman–Crippen LogP) is 2.19. The van der Waals surface area contributed by atoms with Crippen LogP contribution < -0.4 is 5.56 Å². The third-order valence-electron chi connectivity index (χ3n) is 3.76.